The van der Waals surface area contributed by atoms with Crippen LogP contribution in [0.5, 0.6) is 0 Å². The monoisotopic (exact) mass is 265 g/mol. The van der Waals surface area contributed by atoms with Crippen LogP contribution in [0, 0.1) is 19.8 Å². The van der Waals surface area contributed by atoms with Gasteiger partial charge in [-0.2, -0.15) is 0 Å². The molecule has 1 rings (SSSR count). The van der Waals surface area contributed by atoms with E-state index in [1.54, 1.807) is 0 Å². The lowest BCUT2D eigenvalue weighted by Gasteiger charge is -2.22. The highest BCUT2D eigenvalue weighted by atomic mass is 32.2. The minimum absolute atomic E-state index is 0.607. The Hall–Kier alpha value is -0.470. The van der Waals surface area contributed by atoms with Crippen LogP contribution in [0.1, 0.15) is 38.3 Å². The minimum atomic E-state index is 0.607. The second-order valence-corrected chi connectivity index (χ2v) is 6.45. The van der Waals surface area contributed by atoms with Gasteiger partial charge in [-0.3, -0.25) is 0 Å². The van der Waals surface area contributed by atoms with Crippen molar-refractivity contribution in [1.29, 1.82) is 0 Å². The summed E-state index contributed by atoms with van der Waals surface area (Å²) in [7, 11) is 0. The summed E-state index contributed by atoms with van der Waals surface area (Å²) in [5, 5.41) is 3.65. The van der Waals surface area contributed by atoms with Crippen molar-refractivity contribution in [2.24, 2.45) is 5.92 Å². The minimum Gasteiger partial charge on any atom is -0.313 e. The number of thioether (sulfide) groups is 1. The molecule has 0 aliphatic rings. The third-order valence-electron chi connectivity index (χ3n) is 3.21. The molecule has 0 bridgehead atoms. The van der Waals surface area contributed by atoms with Crippen LogP contribution in [-0.2, 0) is 0 Å². The van der Waals surface area contributed by atoms with Crippen LogP contribution in [0.3, 0.4) is 0 Å². The summed E-state index contributed by atoms with van der Waals surface area (Å²) in [4.78, 5) is 1.42. The fourth-order valence-electron chi connectivity index (χ4n) is 1.96. The van der Waals surface area contributed by atoms with Crippen molar-refractivity contribution >= 4 is 11.8 Å². The highest BCUT2D eigenvalue weighted by Crippen LogP contribution is 2.25. The molecule has 0 amide bonds. The van der Waals surface area contributed by atoms with Gasteiger partial charge >= 0.3 is 0 Å². The quantitative estimate of drug-likeness (QED) is 0.732. The molecule has 0 fully saturated rings. The smallest absolute Gasteiger partial charge is 0.0184 e. The largest absolute Gasteiger partial charge is 0.313 e. The predicted molar refractivity (Wildman–Crippen MR) is 83.6 cm³/mol. The second kappa shape index (κ2) is 7.85. The third-order valence-corrected chi connectivity index (χ3v) is 4.50. The maximum absolute atomic E-state index is 3.65. The molecule has 0 aliphatic carbocycles. The van der Waals surface area contributed by atoms with Crippen molar-refractivity contribution in [1.82, 2.24) is 5.32 Å². The van der Waals surface area contributed by atoms with E-state index in [1.165, 1.54) is 22.4 Å². The van der Waals surface area contributed by atoms with Crippen LogP contribution in [0.25, 0.3) is 0 Å². The molecule has 0 saturated heterocycles. The van der Waals surface area contributed by atoms with E-state index in [-0.39, 0.29) is 0 Å². The van der Waals surface area contributed by atoms with Gasteiger partial charge in [0.05, 0.1) is 0 Å². The van der Waals surface area contributed by atoms with Gasteiger partial charge in [-0.1, -0.05) is 38.5 Å². The molecular formula is C16H27NS. The summed E-state index contributed by atoms with van der Waals surface area (Å²) in [5.74, 6) is 1.84. The lowest BCUT2D eigenvalue weighted by molar-refractivity contribution is 0.434. The van der Waals surface area contributed by atoms with E-state index in [0.29, 0.717) is 12.0 Å². The molecule has 1 atom stereocenters. The SMILES string of the molecule is CCCNC(CSc1ccc(C)cc1C)C(C)C. The highest BCUT2D eigenvalue weighted by Gasteiger charge is 2.13. The number of benzene rings is 1. The van der Waals surface area contributed by atoms with E-state index in [2.05, 4.69) is 58.1 Å². The molecule has 0 heterocycles. The normalized spacial score (nSPS) is 13.0. The zero-order chi connectivity index (χ0) is 13.5. The number of rotatable bonds is 7. The van der Waals surface area contributed by atoms with E-state index in [0.717, 1.165) is 12.3 Å². The molecule has 1 aromatic rings. The molecule has 2 heteroatoms. The average Bonchev–Trinajstić information content (AvgIpc) is 2.31. The Morgan fingerprint density at radius 2 is 1.94 bits per heavy atom. The van der Waals surface area contributed by atoms with Gasteiger partial charge in [0.15, 0.2) is 0 Å². The summed E-state index contributed by atoms with van der Waals surface area (Å²) in [6.07, 6.45) is 1.21. The number of hydrogen-bond donors (Lipinski definition) is 1. The predicted octanol–water partition coefficient (Wildman–Crippen LogP) is 4.42. The van der Waals surface area contributed by atoms with Crippen molar-refractivity contribution in [3.63, 3.8) is 0 Å². The maximum atomic E-state index is 3.65. The second-order valence-electron chi connectivity index (χ2n) is 5.38. The van der Waals surface area contributed by atoms with Crippen LogP contribution >= 0.6 is 11.8 Å². The summed E-state index contributed by atoms with van der Waals surface area (Å²) in [5.41, 5.74) is 2.75. The maximum Gasteiger partial charge on any atom is 0.0184 e. The fraction of sp³-hybridized carbons (Fsp3) is 0.625. The van der Waals surface area contributed by atoms with Crippen molar-refractivity contribution < 1.29 is 0 Å². The van der Waals surface area contributed by atoms with Crippen molar-refractivity contribution in [3.8, 4) is 0 Å². The molecule has 1 unspecified atom stereocenters. The Morgan fingerprint density at radius 3 is 2.50 bits per heavy atom. The van der Waals surface area contributed by atoms with Crippen LogP contribution in [0.15, 0.2) is 23.1 Å². The first-order chi connectivity index (χ1) is 8.54. The Morgan fingerprint density at radius 1 is 1.22 bits per heavy atom. The van der Waals surface area contributed by atoms with Crippen molar-refractivity contribution in [2.75, 3.05) is 12.3 Å². The van der Waals surface area contributed by atoms with E-state index in [4.69, 9.17) is 0 Å². The first-order valence-electron chi connectivity index (χ1n) is 6.98. The van der Waals surface area contributed by atoms with E-state index in [1.807, 2.05) is 11.8 Å². The van der Waals surface area contributed by atoms with E-state index >= 15 is 0 Å². The first kappa shape index (κ1) is 15.6. The molecule has 0 aromatic heterocycles. The van der Waals surface area contributed by atoms with Gasteiger partial charge in [-0.05, 0) is 44.4 Å². The molecule has 0 aliphatic heterocycles. The Bertz CT molecular complexity index is 360. The standard InChI is InChI=1S/C16H27NS/c1-6-9-17-15(12(2)3)11-18-16-8-7-13(4)10-14(16)5/h7-8,10,12,15,17H,6,9,11H2,1-5H3. The molecule has 0 radical (unpaired) electrons. The summed E-state index contributed by atoms with van der Waals surface area (Å²) in [6, 6.07) is 7.34. The number of aryl methyl sites for hydroxylation is 2. The third kappa shape index (κ3) is 5.03. The number of nitrogens with one attached hydrogen (secondary N) is 1. The molecular weight excluding hydrogens is 238 g/mol. The zero-order valence-electron chi connectivity index (χ0n) is 12.4. The Kier molecular flexibility index (Phi) is 6.80. The molecule has 1 aromatic carbocycles. The van der Waals surface area contributed by atoms with Crippen LogP contribution in [-0.4, -0.2) is 18.3 Å². The molecule has 18 heavy (non-hydrogen) atoms. The van der Waals surface area contributed by atoms with Gasteiger partial charge in [0, 0.05) is 16.7 Å². The lowest BCUT2D eigenvalue weighted by atomic mass is 10.1. The first-order valence-corrected chi connectivity index (χ1v) is 7.96. The zero-order valence-corrected chi connectivity index (χ0v) is 13.2. The fourth-order valence-corrected chi connectivity index (χ4v) is 3.27. The van der Waals surface area contributed by atoms with Crippen LogP contribution in [0.4, 0.5) is 0 Å². The molecule has 1 nitrogen and oxygen atoms in total. The van der Waals surface area contributed by atoms with Gasteiger partial charge in [-0.15, -0.1) is 11.8 Å². The Labute approximate surface area is 117 Å². The molecule has 102 valence electrons. The van der Waals surface area contributed by atoms with Crippen molar-refractivity contribution in [2.45, 2.75) is 52.0 Å². The topological polar surface area (TPSA) is 12.0 Å². The molecule has 0 spiro atoms. The van der Waals surface area contributed by atoms with Crippen molar-refractivity contribution in [3.05, 3.63) is 29.3 Å². The molecule has 1 N–H and O–H groups in total. The average molecular weight is 265 g/mol. The van der Waals surface area contributed by atoms with E-state index in [9.17, 15) is 0 Å². The lowest BCUT2D eigenvalue weighted by Crippen LogP contribution is -2.36. The van der Waals surface area contributed by atoms with Gasteiger partial charge in [0.1, 0.15) is 0 Å². The van der Waals surface area contributed by atoms with E-state index < -0.39 is 0 Å². The molecule has 0 saturated carbocycles. The van der Waals surface area contributed by atoms with Gasteiger partial charge in [0.2, 0.25) is 0 Å². The Balaban J connectivity index is 2.55. The summed E-state index contributed by atoms with van der Waals surface area (Å²) < 4.78 is 0. The summed E-state index contributed by atoms with van der Waals surface area (Å²) >= 11 is 1.98. The van der Waals surface area contributed by atoms with Gasteiger partial charge < -0.3 is 5.32 Å². The van der Waals surface area contributed by atoms with Gasteiger partial charge in [0.25, 0.3) is 0 Å². The summed E-state index contributed by atoms with van der Waals surface area (Å²) in [6.45, 7) is 12.3. The van der Waals surface area contributed by atoms with Gasteiger partial charge in [-0.25, -0.2) is 0 Å². The van der Waals surface area contributed by atoms with Crippen LogP contribution < -0.4 is 5.32 Å². The number of hydrogen-bond acceptors (Lipinski definition) is 2. The van der Waals surface area contributed by atoms with Crippen LogP contribution in [0.2, 0.25) is 0 Å². The highest BCUT2D eigenvalue weighted by molar-refractivity contribution is 7.99.